The third-order valence-corrected chi connectivity index (χ3v) is 2.24. The van der Waals surface area contributed by atoms with Gasteiger partial charge in [-0.25, -0.2) is 0 Å². The van der Waals surface area contributed by atoms with E-state index in [0.717, 1.165) is 13.1 Å². The van der Waals surface area contributed by atoms with Crippen molar-refractivity contribution >= 4 is 5.97 Å². The summed E-state index contributed by atoms with van der Waals surface area (Å²) in [4.78, 5) is 11.5. The molecule has 0 amide bonds. The van der Waals surface area contributed by atoms with Crippen LogP contribution in [0.25, 0.3) is 0 Å². The Morgan fingerprint density at radius 1 is 1.47 bits per heavy atom. The van der Waals surface area contributed by atoms with Crippen LogP contribution in [-0.4, -0.2) is 37.9 Å². The second-order valence-electron chi connectivity index (χ2n) is 5.08. The quantitative estimate of drug-likeness (QED) is 0.697. The van der Waals surface area contributed by atoms with Crippen LogP contribution < -0.4 is 5.32 Å². The van der Waals surface area contributed by atoms with Crippen molar-refractivity contribution in [2.45, 2.75) is 39.9 Å². The highest BCUT2D eigenvalue weighted by Crippen LogP contribution is 2.15. The Bertz CT molecular complexity index is 222. The molecule has 0 aromatic rings. The van der Waals surface area contributed by atoms with Gasteiger partial charge in [0.15, 0.2) is 0 Å². The highest BCUT2D eigenvalue weighted by atomic mass is 16.6. The molecule has 1 rings (SSSR count). The maximum absolute atomic E-state index is 11.5. The molecule has 0 spiro atoms. The molecule has 0 bridgehead atoms. The molecule has 0 aromatic carbocycles. The Hall–Kier alpha value is -0.610. The number of carbonyl (C=O) groups excluding carboxylic acids is 1. The van der Waals surface area contributed by atoms with Gasteiger partial charge in [-0.1, -0.05) is 0 Å². The average Bonchev–Trinajstić information content (AvgIpc) is 2.12. The molecule has 2 unspecified atom stereocenters. The Morgan fingerprint density at radius 2 is 2.13 bits per heavy atom. The zero-order valence-electron chi connectivity index (χ0n) is 10.0. The fourth-order valence-corrected chi connectivity index (χ4v) is 1.36. The molecule has 4 nitrogen and oxygen atoms in total. The lowest BCUT2D eigenvalue weighted by atomic mass is 9.97. The molecular weight excluding hydrogens is 194 g/mol. The van der Waals surface area contributed by atoms with Crippen LogP contribution in [0.2, 0.25) is 0 Å². The highest BCUT2D eigenvalue weighted by Gasteiger charge is 2.26. The number of hydrogen-bond acceptors (Lipinski definition) is 4. The van der Waals surface area contributed by atoms with Gasteiger partial charge in [0.25, 0.3) is 0 Å². The molecule has 0 saturated carbocycles. The Kier molecular flexibility index (Phi) is 4.11. The SMILES string of the molecule is CC1CNCC(COC(=O)C(C)(C)C)O1. The minimum absolute atomic E-state index is 0.0138. The van der Waals surface area contributed by atoms with E-state index in [1.54, 1.807) is 0 Å². The molecule has 1 heterocycles. The van der Waals surface area contributed by atoms with Gasteiger partial charge in [0.05, 0.1) is 11.5 Å². The van der Waals surface area contributed by atoms with Crippen molar-refractivity contribution in [1.29, 1.82) is 0 Å². The lowest BCUT2D eigenvalue weighted by Gasteiger charge is -2.29. The standard InChI is InChI=1S/C11H21NO3/c1-8-5-12-6-9(15-8)7-14-10(13)11(2,3)4/h8-9,12H,5-7H2,1-4H3. The van der Waals surface area contributed by atoms with E-state index >= 15 is 0 Å². The predicted molar refractivity (Wildman–Crippen MR) is 57.6 cm³/mol. The van der Waals surface area contributed by atoms with Crippen LogP contribution >= 0.6 is 0 Å². The summed E-state index contributed by atoms with van der Waals surface area (Å²) in [5, 5.41) is 3.23. The molecule has 88 valence electrons. The van der Waals surface area contributed by atoms with Crippen LogP contribution in [0.15, 0.2) is 0 Å². The molecule has 1 aliphatic rings. The van der Waals surface area contributed by atoms with Gasteiger partial charge in [0.2, 0.25) is 0 Å². The maximum atomic E-state index is 11.5. The zero-order valence-corrected chi connectivity index (χ0v) is 10.0. The topological polar surface area (TPSA) is 47.6 Å². The normalized spacial score (nSPS) is 27.5. The van der Waals surface area contributed by atoms with E-state index in [1.165, 1.54) is 0 Å². The van der Waals surface area contributed by atoms with Crippen molar-refractivity contribution < 1.29 is 14.3 Å². The van der Waals surface area contributed by atoms with E-state index < -0.39 is 5.41 Å². The molecule has 1 aliphatic heterocycles. The lowest BCUT2D eigenvalue weighted by molar-refractivity contribution is -0.159. The van der Waals surface area contributed by atoms with Gasteiger partial charge >= 0.3 is 5.97 Å². The first-order chi connectivity index (χ1) is 6.89. The van der Waals surface area contributed by atoms with E-state index in [4.69, 9.17) is 9.47 Å². The van der Waals surface area contributed by atoms with Crippen LogP contribution in [0.5, 0.6) is 0 Å². The Morgan fingerprint density at radius 3 is 2.67 bits per heavy atom. The summed E-state index contributed by atoms with van der Waals surface area (Å²) in [5.41, 5.74) is -0.437. The first kappa shape index (κ1) is 12.5. The minimum Gasteiger partial charge on any atom is -0.462 e. The molecule has 0 aromatic heterocycles. The summed E-state index contributed by atoms with van der Waals surface area (Å²) in [6.07, 6.45) is 0.178. The van der Waals surface area contributed by atoms with Crippen molar-refractivity contribution in [2.24, 2.45) is 5.41 Å². The number of carbonyl (C=O) groups is 1. The van der Waals surface area contributed by atoms with Crippen molar-refractivity contribution in [1.82, 2.24) is 5.32 Å². The number of nitrogens with one attached hydrogen (secondary N) is 1. The smallest absolute Gasteiger partial charge is 0.311 e. The number of esters is 1. The third kappa shape index (κ3) is 4.18. The number of rotatable bonds is 2. The summed E-state index contributed by atoms with van der Waals surface area (Å²) in [6, 6.07) is 0. The summed E-state index contributed by atoms with van der Waals surface area (Å²) in [7, 11) is 0. The number of ether oxygens (including phenoxy) is 2. The van der Waals surface area contributed by atoms with Gasteiger partial charge in [-0.05, 0) is 27.7 Å². The van der Waals surface area contributed by atoms with Crippen LogP contribution in [0, 0.1) is 5.41 Å². The van der Waals surface area contributed by atoms with E-state index in [2.05, 4.69) is 5.32 Å². The van der Waals surface area contributed by atoms with Crippen LogP contribution in [0.4, 0.5) is 0 Å². The second kappa shape index (κ2) is 4.94. The van der Waals surface area contributed by atoms with Crippen molar-refractivity contribution in [3.05, 3.63) is 0 Å². The number of hydrogen-bond donors (Lipinski definition) is 1. The summed E-state index contributed by atoms with van der Waals surface area (Å²) < 4.78 is 10.8. The first-order valence-electron chi connectivity index (χ1n) is 5.43. The maximum Gasteiger partial charge on any atom is 0.311 e. The fourth-order valence-electron chi connectivity index (χ4n) is 1.36. The van der Waals surface area contributed by atoms with Crippen LogP contribution in [0.1, 0.15) is 27.7 Å². The lowest BCUT2D eigenvalue weighted by Crippen LogP contribution is -2.46. The minimum atomic E-state index is -0.437. The van der Waals surface area contributed by atoms with Gasteiger partial charge in [-0.3, -0.25) is 4.79 Å². The van der Waals surface area contributed by atoms with E-state index in [0.29, 0.717) is 6.61 Å². The average molecular weight is 215 g/mol. The monoisotopic (exact) mass is 215 g/mol. The largest absolute Gasteiger partial charge is 0.462 e. The molecule has 4 heteroatoms. The van der Waals surface area contributed by atoms with Crippen molar-refractivity contribution in [3.8, 4) is 0 Å². The van der Waals surface area contributed by atoms with Gasteiger partial charge in [0.1, 0.15) is 12.7 Å². The second-order valence-corrected chi connectivity index (χ2v) is 5.08. The molecule has 1 N–H and O–H groups in total. The zero-order chi connectivity index (χ0) is 11.5. The van der Waals surface area contributed by atoms with Crippen molar-refractivity contribution in [3.63, 3.8) is 0 Å². The van der Waals surface area contributed by atoms with Crippen LogP contribution in [0.3, 0.4) is 0 Å². The first-order valence-corrected chi connectivity index (χ1v) is 5.43. The van der Waals surface area contributed by atoms with Gasteiger partial charge in [0, 0.05) is 13.1 Å². The summed E-state index contributed by atoms with van der Waals surface area (Å²) in [6.45, 7) is 9.50. The number of morpholine rings is 1. The Balaban J connectivity index is 2.28. The molecule has 1 fully saturated rings. The van der Waals surface area contributed by atoms with Crippen molar-refractivity contribution in [2.75, 3.05) is 19.7 Å². The van der Waals surface area contributed by atoms with Crippen LogP contribution in [-0.2, 0) is 14.3 Å². The third-order valence-electron chi connectivity index (χ3n) is 2.24. The predicted octanol–water partition coefficient (Wildman–Crippen LogP) is 0.953. The summed E-state index contributed by atoms with van der Waals surface area (Å²) >= 11 is 0. The van der Waals surface area contributed by atoms with E-state index in [1.807, 2.05) is 27.7 Å². The molecule has 0 aliphatic carbocycles. The van der Waals surface area contributed by atoms with E-state index in [9.17, 15) is 4.79 Å². The highest BCUT2D eigenvalue weighted by molar-refractivity contribution is 5.75. The fraction of sp³-hybridized carbons (Fsp3) is 0.909. The van der Waals surface area contributed by atoms with E-state index in [-0.39, 0.29) is 18.2 Å². The Labute approximate surface area is 91.3 Å². The van der Waals surface area contributed by atoms with Gasteiger partial charge < -0.3 is 14.8 Å². The molecular formula is C11H21NO3. The van der Waals surface area contributed by atoms with Gasteiger partial charge in [-0.15, -0.1) is 0 Å². The molecule has 2 atom stereocenters. The molecule has 15 heavy (non-hydrogen) atoms. The summed E-state index contributed by atoms with van der Waals surface area (Å²) in [5.74, 6) is -0.177. The van der Waals surface area contributed by atoms with Gasteiger partial charge in [-0.2, -0.15) is 0 Å². The molecule has 0 radical (unpaired) electrons. The molecule has 1 saturated heterocycles.